The highest BCUT2D eigenvalue weighted by atomic mass is 35.5. The summed E-state index contributed by atoms with van der Waals surface area (Å²) in [7, 11) is 0. The third-order valence-corrected chi connectivity index (χ3v) is 6.33. The Labute approximate surface area is 211 Å². The van der Waals surface area contributed by atoms with E-state index in [9.17, 15) is 9.59 Å². The van der Waals surface area contributed by atoms with Crippen LogP contribution in [-0.2, 0) is 19.1 Å². The average molecular weight is 507 g/mol. The zero-order chi connectivity index (χ0) is 24.7. The lowest BCUT2D eigenvalue weighted by molar-refractivity contribution is -0.169. The molecule has 1 heterocycles. The molecule has 2 aromatic rings. The first-order valence-corrected chi connectivity index (χ1v) is 12.2. The summed E-state index contributed by atoms with van der Waals surface area (Å²) >= 11 is 12.1. The second kappa shape index (κ2) is 12.0. The summed E-state index contributed by atoms with van der Waals surface area (Å²) in [6.07, 6.45) is 0.664. The quantitative estimate of drug-likeness (QED) is 0.354. The Balaban J connectivity index is 1.49. The van der Waals surface area contributed by atoms with Crippen molar-refractivity contribution in [1.29, 1.82) is 0 Å². The van der Waals surface area contributed by atoms with Crippen LogP contribution in [0.2, 0.25) is 10.0 Å². The lowest BCUT2D eigenvalue weighted by Gasteiger charge is -2.38. The average Bonchev–Trinajstić information content (AvgIpc) is 2.80. The van der Waals surface area contributed by atoms with Gasteiger partial charge in [0.2, 0.25) is 0 Å². The number of halogens is 2. The minimum atomic E-state index is -1.14. The molecule has 8 heteroatoms. The molecule has 1 amide bonds. The predicted molar refractivity (Wildman–Crippen MR) is 134 cm³/mol. The van der Waals surface area contributed by atoms with Crippen molar-refractivity contribution in [2.24, 2.45) is 0 Å². The van der Waals surface area contributed by atoms with Gasteiger partial charge in [-0.3, -0.25) is 14.5 Å². The number of amides is 1. The zero-order valence-electron chi connectivity index (χ0n) is 19.9. The van der Waals surface area contributed by atoms with Crippen molar-refractivity contribution in [2.45, 2.75) is 38.9 Å². The number of nitrogens with zero attached hydrogens (tertiary/aromatic N) is 2. The molecule has 0 aromatic heterocycles. The Morgan fingerprint density at radius 2 is 1.41 bits per heavy atom. The molecule has 0 atom stereocenters. The van der Waals surface area contributed by atoms with E-state index in [-0.39, 0.29) is 12.0 Å². The maximum Gasteiger partial charge on any atom is 0.303 e. The first-order chi connectivity index (χ1) is 16.2. The van der Waals surface area contributed by atoms with Gasteiger partial charge < -0.3 is 14.4 Å². The van der Waals surface area contributed by atoms with E-state index in [0.29, 0.717) is 29.7 Å². The van der Waals surface area contributed by atoms with Crippen LogP contribution in [0.3, 0.4) is 0 Å². The smallest absolute Gasteiger partial charge is 0.303 e. The van der Waals surface area contributed by atoms with Crippen molar-refractivity contribution >= 4 is 35.1 Å². The van der Waals surface area contributed by atoms with E-state index in [1.165, 1.54) is 6.92 Å². The minimum Gasteiger partial charge on any atom is -0.450 e. The number of carbonyl (C=O) groups is 2. The van der Waals surface area contributed by atoms with E-state index >= 15 is 0 Å². The lowest BCUT2D eigenvalue weighted by Crippen LogP contribution is -2.55. The molecule has 1 aliphatic rings. The molecule has 0 N–H and O–H groups in total. The summed E-state index contributed by atoms with van der Waals surface area (Å²) in [5, 5.41) is 1.37. The zero-order valence-corrected chi connectivity index (χ0v) is 21.4. The van der Waals surface area contributed by atoms with E-state index in [1.54, 1.807) is 18.7 Å². The van der Waals surface area contributed by atoms with Crippen molar-refractivity contribution in [3.8, 4) is 0 Å². The number of hydrogen-bond acceptors (Lipinski definition) is 5. The summed E-state index contributed by atoms with van der Waals surface area (Å²) in [4.78, 5) is 28.1. The minimum absolute atomic E-state index is 0.153. The highest BCUT2D eigenvalue weighted by Gasteiger charge is 2.36. The van der Waals surface area contributed by atoms with Crippen LogP contribution < -0.4 is 0 Å². The van der Waals surface area contributed by atoms with Crippen molar-refractivity contribution in [1.82, 2.24) is 9.80 Å². The summed E-state index contributed by atoms with van der Waals surface area (Å²) < 4.78 is 11.5. The van der Waals surface area contributed by atoms with Gasteiger partial charge >= 0.3 is 5.97 Å². The van der Waals surface area contributed by atoms with Crippen LogP contribution in [0.4, 0.5) is 0 Å². The van der Waals surface area contributed by atoms with Gasteiger partial charge in [-0.15, -0.1) is 0 Å². The molecule has 0 saturated carbocycles. The fourth-order valence-electron chi connectivity index (χ4n) is 4.11. The number of carbonyl (C=O) groups excluding carboxylic acids is 2. The van der Waals surface area contributed by atoms with Gasteiger partial charge in [-0.25, -0.2) is 0 Å². The SMILES string of the molecule is CC(=O)OC(C)(C)C(=O)N1CCN(CCCOC(c2ccc(Cl)cc2)c2ccc(Cl)cc2)CC1. The third kappa shape index (κ3) is 7.44. The first kappa shape index (κ1) is 26.5. The largest absolute Gasteiger partial charge is 0.450 e. The summed E-state index contributed by atoms with van der Waals surface area (Å²) in [6.45, 7) is 8.85. The van der Waals surface area contributed by atoms with Gasteiger partial charge in [0.1, 0.15) is 6.10 Å². The topological polar surface area (TPSA) is 59.1 Å². The normalized spacial score (nSPS) is 14.9. The molecule has 1 saturated heterocycles. The van der Waals surface area contributed by atoms with Crippen LogP contribution in [0, 0.1) is 0 Å². The number of piperazine rings is 1. The maximum absolute atomic E-state index is 12.7. The summed E-state index contributed by atoms with van der Waals surface area (Å²) in [5.74, 6) is -0.605. The third-order valence-electron chi connectivity index (χ3n) is 5.82. The molecular formula is C26H32Cl2N2O4. The number of ether oxygens (including phenoxy) is 2. The Bertz CT molecular complexity index is 910. The van der Waals surface area contributed by atoms with Gasteiger partial charge in [0.15, 0.2) is 5.60 Å². The van der Waals surface area contributed by atoms with Crippen LogP contribution in [-0.4, -0.2) is 66.6 Å². The monoisotopic (exact) mass is 506 g/mol. The molecule has 184 valence electrons. The Hall–Kier alpha value is -2.12. The number of rotatable bonds is 9. The fourth-order valence-corrected chi connectivity index (χ4v) is 4.36. The van der Waals surface area contributed by atoms with Gasteiger partial charge in [0.25, 0.3) is 5.91 Å². The van der Waals surface area contributed by atoms with Crippen molar-refractivity contribution in [2.75, 3.05) is 39.3 Å². The summed E-state index contributed by atoms with van der Waals surface area (Å²) in [6, 6.07) is 15.4. The molecule has 6 nitrogen and oxygen atoms in total. The van der Waals surface area contributed by atoms with E-state index in [1.807, 2.05) is 48.5 Å². The van der Waals surface area contributed by atoms with Gasteiger partial charge in [0.05, 0.1) is 0 Å². The number of hydrogen-bond donors (Lipinski definition) is 0. The molecule has 0 bridgehead atoms. The molecule has 2 aromatic carbocycles. The molecule has 3 rings (SSSR count). The van der Waals surface area contributed by atoms with E-state index < -0.39 is 11.6 Å². The molecular weight excluding hydrogens is 475 g/mol. The molecule has 0 radical (unpaired) electrons. The number of esters is 1. The lowest BCUT2D eigenvalue weighted by atomic mass is 10.0. The molecule has 0 aliphatic carbocycles. The highest BCUT2D eigenvalue weighted by Crippen LogP contribution is 2.28. The Kier molecular flexibility index (Phi) is 9.37. The van der Waals surface area contributed by atoms with Crippen LogP contribution >= 0.6 is 23.2 Å². The fraction of sp³-hybridized carbons (Fsp3) is 0.462. The molecule has 34 heavy (non-hydrogen) atoms. The van der Waals surface area contributed by atoms with E-state index in [0.717, 1.165) is 37.2 Å². The van der Waals surface area contributed by atoms with Crippen molar-refractivity contribution in [3.05, 3.63) is 69.7 Å². The van der Waals surface area contributed by atoms with Gasteiger partial charge in [-0.2, -0.15) is 0 Å². The van der Waals surface area contributed by atoms with Crippen LogP contribution in [0.1, 0.15) is 44.4 Å². The van der Waals surface area contributed by atoms with E-state index in [4.69, 9.17) is 32.7 Å². The maximum atomic E-state index is 12.7. The Morgan fingerprint density at radius 1 is 0.912 bits per heavy atom. The second-order valence-corrected chi connectivity index (χ2v) is 9.82. The molecule has 0 spiro atoms. The van der Waals surface area contributed by atoms with Crippen LogP contribution in [0.25, 0.3) is 0 Å². The number of benzene rings is 2. The van der Waals surface area contributed by atoms with Gasteiger partial charge in [-0.05, 0) is 55.7 Å². The Morgan fingerprint density at radius 3 is 1.88 bits per heavy atom. The predicted octanol–water partition coefficient (Wildman–Crippen LogP) is 4.98. The van der Waals surface area contributed by atoms with Crippen LogP contribution in [0.15, 0.2) is 48.5 Å². The van der Waals surface area contributed by atoms with E-state index in [2.05, 4.69) is 4.90 Å². The first-order valence-electron chi connectivity index (χ1n) is 11.5. The van der Waals surface area contributed by atoms with Crippen molar-refractivity contribution < 1.29 is 19.1 Å². The van der Waals surface area contributed by atoms with Gasteiger partial charge in [0, 0.05) is 56.3 Å². The summed E-state index contributed by atoms with van der Waals surface area (Å²) in [5.41, 5.74) is 0.934. The molecule has 0 unspecified atom stereocenters. The molecule has 1 fully saturated rings. The molecule has 1 aliphatic heterocycles. The second-order valence-electron chi connectivity index (χ2n) is 8.95. The van der Waals surface area contributed by atoms with Crippen molar-refractivity contribution in [3.63, 3.8) is 0 Å². The van der Waals surface area contributed by atoms with Gasteiger partial charge in [-0.1, -0.05) is 47.5 Å². The highest BCUT2D eigenvalue weighted by molar-refractivity contribution is 6.30. The standard InChI is InChI=1S/C26H32Cl2N2O4/c1-19(31)34-26(2,3)25(32)30-16-14-29(15-17-30)13-4-18-33-24(20-5-9-22(27)10-6-20)21-7-11-23(28)12-8-21/h5-12,24H,4,13-18H2,1-3H3. The van der Waals surface area contributed by atoms with Crippen LogP contribution in [0.5, 0.6) is 0 Å².